The van der Waals surface area contributed by atoms with Gasteiger partial charge < -0.3 is 14.4 Å². The zero-order chi connectivity index (χ0) is 10.7. The van der Waals surface area contributed by atoms with Gasteiger partial charge in [0.2, 0.25) is 5.91 Å². The van der Waals surface area contributed by atoms with Crippen LogP contribution < -0.4 is 0 Å². The molecular formula is C11H19NO3. The van der Waals surface area contributed by atoms with Crippen molar-refractivity contribution in [3.63, 3.8) is 0 Å². The predicted molar refractivity (Wildman–Crippen MR) is 55.4 cm³/mol. The number of amides is 1. The van der Waals surface area contributed by atoms with Crippen LogP contribution in [0.4, 0.5) is 0 Å². The maximum atomic E-state index is 11.8. The van der Waals surface area contributed by atoms with Gasteiger partial charge in [0.25, 0.3) is 0 Å². The van der Waals surface area contributed by atoms with Gasteiger partial charge in [0, 0.05) is 25.9 Å². The van der Waals surface area contributed by atoms with Crippen molar-refractivity contribution in [1.29, 1.82) is 0 Å². The number of ether oxygens (including phenoxy) is 2. The molecule has 1 amide bonds. The molecule has 86 valence electrons. The van der Waals surface area contributed by atoms with Crippen molar-refractivity contribution in [3.05, 3.63) is 0 Å². The van der Waals surface area contributed by atoms with Crippen LogP contribution in [0.1, 0.15) is 32.6 Å². The lowest BCUT2D eigenvalue weighted by Crippen LogP contribution is -2.32. The van der Waals surface area contributed by atoms with Crippen LogP contribution in [-0.4, -0.2) is 42.9 Å². The lowest BCUT2D eigenvalue weighted by Gasteiger charge is -2.23. The predicted octanol–water partition coefficient (Wildman–Crippen LogP) is 1.15. The Kier molecular flexibility index (Phi) is 3.26. The van der Waals surface area contributed by atoms with Crippen molar-refractivity contribution >= 4 is 5.91 Å². The topological polar surface area (TPSA) is 38.8 Å². The normalized spacial score (nSPS) is 24.7. The van der Waals surface area contributed by atoms with Gasteiger partial charge in [0.05, 0.1) is 13.2 Å². The molecule has 4 nitrogen and oxygen atoms in total. The van der Waals surface area contributed by atoms with E-state index in [1.807, 2.05) is 11.8 Å². The molecule has 2 aliphatic heterocycles. The molecule has 0 saturated carbocycles. The quantitative estimate of drug-likeness (QED) is 0.706. The van der Waals surface area contributed by atoms with Crippen LogP contribution in [-0.2, 0) is 14.3 Å². The molecule has 0 N–H and O–H groups in total. The van der Waals surface area contributed by atoms with E-state index in [9.17, 15) is 4.79 Å². The smallest absolute Gasteiger partial charge is 0.222 e. The molecule has 0 atom stereocenters. The maximum Gasteiger partial charge on any atom is 0.222 e. The van der Waals surface area contributed by atoms with Crippen LogP contribution in [0.2, 0.25) is 0 Å². The Bertz CT molecular complexity index is 230. The summed E-state index contributed by atoms with van der Waals surface area (Å²) >= 11 is 0. The van der Waals surface area contributed by atoms with Crippen LogP contribution in [0.3, 0.4) is 0 Å². The van der Waals surface area contributed by atoms with Crippen LogP contribution >= 0.6 is 0 Å². The average Bonchev–Trinajstić information content (AvgIpc) is 2.85. The van der Waals surface area contributed by atoms with E-state index in [1.54, 1.807) is 0 Å². The van der Waals surface area contributed by atoms with E-state index in [4.69, 9.17) is 9.47 Å². The summed E-state index contributed by atoms with van der Waals surface area (Å²) in [4.78, 5) is 13.7. The lowest BCUT2D eigenvalue weighted by atomic mass is 10.1. The first-order valence-electron chi connectivity index (χ1n) is 5.75. The van der Waals surface area contributed by atoms with Crippen LogP contribution in [0.25, 0.3) is 0 Å². The third-order valence-corrected chi connectivity index (χ3v) is 3.15. The summed E-state index contributed by atoms with van der Waals surface area (Å²) in [6.07, 6.45) is 3.50. The number of hydrogen-bond donors (Lipinski definition) is 0. The Morgan fingerprint density at radius 3 is 2.47 bits per heavy atom. The molecule has 2 rings (SSSR count). The van der Waals surface area contributed by atoms with Crippen LogP contribution in [0.15, 0.2) is 0 Å². The number of rotatable bonds is 3. The van der Waals surface area contributed by atoms with Crippen molar-refractivity contribution in [3.8, 4) is 0 Å². The Balaban J connectivity index is 1.74. The highest BCUT2D eigenvalue weighted by Gasteiger charge is 2.32. The van der Waals surface area contributed by atoms with Crippen molar-refractivity contribution in [2.75, 3.05) is 26.3 Å². The molecule has 15 heavy (non-hydrogen) atoms. The van der Waals surface area contributed by atoms with E-state index in [0.29, 0.717) is 26.1 Å². The van der Waals surface area contributed by atoms with E-state index < -0.39 is 5.79 Å². The third-order valence-electron chi connectivity index (χ3n) is 3.15. The summed E-state index contributed by atoms with van der Waals surface area (Å²) in [6.45, 7) is 5.06. The summed E-state index contributed by atoms with van der Waals surface area (Å²) in [6, 6.07) is 0. The minimum absolute atomic E-state index is 0.243. The highest BCUT2D eigenvalue weighted by atomic mass is 16.7. The fourth-order valence-corrected chi connectivity index (χ4v) is 2.16. The molecule has 0 bridgehead atoms. The SMILES string of the molecule is CC1(CCC(=O)N2CCCC2)OCCO1. The van der Waals surface area contributed by atoms with E-state index in [2.05, 4.69) is 0 Å². The lowest BCUT2D eigenvalue weighted by molar-refractivity contribution is -0.154. The molecule has 0 spiro atoms. The molecule has 4 heteroatoms. The number of hydrogen-bond acceptors (Lipinski definition) is 3. The standard InChI is InChI=1S/C11H19NO3/c1-11(14-8-9-15-11)5-4-10(13)12-6-2-3-7-12/h2-9H2,1H3. The second-order valence-electron chi connectivity index (χ2n) is 4.42. The molecule has 2 aliphatic rings. The molecule has 2 fully saturated rings. The zero-order valence-corrected chi connectivity index (χ0v) is 9.33. The van der Waals surface area contributed by atoms with E-state index >= 15 is 0 Å². The van der Waals surface area contributed by atoms with Crippen molar-refractivity contribution in [2.45, 2.75) is 38.4 Å². The number of likely N-dealkylation sites (tertiary alicyclic amines) is 1. The highest BCUT2D eigenvalue weighted by molar-refractivity contribution is 5.76. The Morgan fingerprint density at radius 2 is 1.87 bits per heavy atom. The summed E-state index contributed by atoms with van der Waals surface area (Å²) in [5.41, 5.74) is 0. The molecule has 2 heterocycles. The van der Waals surface area contributed by atoms with Crippen LogP contribution in [0, 0.1) is 0 Å². The second-order valence-corrected chi connectivity index (χ2v) is 4.42. The largest absolute Gasteiger partial charge is 0.348 e. The third kappa shape index (κ3) is 2.69. The molecule has 0 aromatic heterocycles. The Hall–Kier alpha value is -0.610. The number of carbonyl (C=O) groups is 1. The van der Waals surface area contributed by atoms with Gasteiger partial charge in [-0.15, -0.1) is 0 Å². The van der Waals surface area contributed by atoms with Gasteiger partial charge in [-0.05, 0) is 19.8 Å². The van der Waals surface area contributed by atoms with Gasteiger partial charge in [-0.25, -0.2) is 0 Å². The van der Waals surface area contributed by atoms with Gasteiger partial charge in [-0.3, -0.25) is 4.79 Å². The molecule has 0 aromatic carbocycles. The van der Waals surface area contributed by atoms with Crippen molar-refractivity contribution in [2.24, 2.45) is 0 Å². The first-order chi connectivity index (χ1) is 7.20. The monoisotopic (exact) mass is 213 g/mol. The summed E-state index contributed by atoms with van der Waals surface area (Å²) in [5, 5.41) is 0. The summed E-state index contributed by atoms with van der Waals surface area (Å²) < 4.78 is 10.9. The van der Waals surface area contributed by atoms with Crippen molar-refractivity contribution < 1.29 is 14.3 Å². The summed E-state index contributed by atoms with van der Waals surface area (Å²) in [7, 11) is 0. The molecular weight excluding hydrogens is 194 g/mol. The first-order valence-corrected chi connectivity index (χ1v) is 5.75. The molecule has 2 saturated heterocycles. The first kappa shape index (κ1) is 10.9. The van der Waals surface area contributed by atoms with Crippen LogP contribution in [0.5, 0.6) is 0 Å². The second kappa shape index (κ2) is 4.49. The van der Waals surface area contributed by atoms with Gasteiger partial charge >= 0.3 is 0 Å². The summed E-state index contributed by atoms with van der Waals surface area (Å²) in [5.74, 6) is -0.275. The average molecular weight is 213 g/mol. The fourth-order valence-electron chi connectivity index (χ4n) is 2.16. The minimum atomic E-state index is -0.518. The zero-order valence-electron chi connectivity index (χ0n) is 9.33. The molecule has 0 unspecified atom stereocenters. The van der Waals surface area contributed by atoms with Gasteiger partial charge in [0.15, 0.2) is 5.79 Å². The molecule has 0 radical (unpaired) electrons. The number of carbonyl (C=O) groups excluding carboxylic acids is 1. The number of nitrogens with zero attached hydrogens (tertiary/aromatic N) is 1. The maximum absolute atomic E-state index is 11.8. The molecule has 0 aliphatic carbocycles. The molecule has 0 aromatic rings. The minimum Gasteiger partial charge on any atom is -0.348 e. The highest BCUT2D eigenvalue weighted by Crippen LogP contribution is 2.24. The van der Waals surface area contributed by atoms with Gasteiger partial charge in [0.1, 0.15) is 0 Å². The van der Waals surface area contributed by atoms with Gasteiger partial charge in [-0.2, -0.15) is 0 Å². The van der Waals surface area contributed by atoms with E-state index in [-0.39, 0.29) is 5.91 Å². The van der Waals surface area contributed by atoms with E-state index in [1.165, 1.54) is 0 Å². The van der Waals surface area contributed by atoms with Gasteiger partial charge in [-0.1, -0.05) is 0 Å². The van der Waals surface area contributed by atoms with Crippen molar-refractivity contribution in [1.82, 2.24) is 4.90 Å². The Labute approximate surface area is 90.5 Å². The van der Waals surface area contributed by atoms with E-state index in [0.717, 1.165) is 25.9 Å². The fraction of sp³-hybridized carbons (Fsp3) is 0.909. The Morgan fingerprint density at radius 1 is 1.27 bits per heavy atom.